The Labute approximate surface area is 168 Å². The molecule has 29 heavy (non-hydrogen) atoms. The second-order valence-electron chi connectivity index (χ2n) is 7.63. The van der Waals surface area contributed by atoms with Crippen molar-refractivity contribution in [3.63, 3.8) is 0 Å². The SMILES string of the molecule is CCN(CC1CCCC(/C=C(\N)c2c(F)cccc2F)=C1N)C(=O)C1(O)COC1. The number of allylic oxidation sites excluding steroid dienone is 2. The first-order valence-electron chi connectivity index (χ1n) is 9.76. The maximum atomic E-state index is 14.0. The molecular weight excluding hydrogens is 380 g/mol. The van der Waals surface area contributed by atoms with Gasteiger partial charge in [0.25, 0.3) is 5.91 Å². The number of halogens is 2. The van der Waals surface area contributed by atoms with Crippen LogP contribution in [0.2, 0.25) is 0 Å². The summed E-state index contributed by atoms with van der Waals surface area (Å²) in [5.74, 6) is -1.95. The molecule has 0 aromatic heterocycles. The first-order valence-corrected chi connectivity index (χ1v) is 9.76. The van der Waals surface area contributed by atoms with Crippen molar-refractivity contribution in [3.05, 3.63) is 52.7 Å². The van der Waals surface area contributed by atoms with Crippen LogP contribution in [-0.2, 0) is 9.53 Å². The van der Waals surface area contributed by atoms with E-state index >= 15 is 0 Å². The number of benzene rings is 1. The molecule has 1 unspecified atom stereocenters. The molecule has 0 radical (unpaired) electrons. The van der Waals surface area contributed by atoms with Gasteiger partial charge in [-0.1, -0.05) is 6.07 Å². The van der Waals surface area contributed by atoms with Gasteiger partial charge in [-0.3, -0.25) is 4.79 Å². The normalized spacial score (nSPS) is 21.7. The van der Waals surface area contributed by atoms with E-state index in [1.807, 2.05) is 6.92 Å². The zero-order valence-electron chi connectivity index (χ0n) is 16.5. The van der Waals surface area contributed by atoms with Crippen molar-refractivity contribution in [2.24, 2.45) is 17.4 Å². The maximum absolute atomic E-state index is 14.0. The van der Waals surface area contributed by atoms with Crippen LogP contribution in [-0.4, -0.2) is 47.8 Å². The standard InChI is InChI=1S/C21H27F2N3O3/c1-2-26(20(27)21(28)11-29-12-21)10-14-6-3-5-13(19(14)25)9-17(24)18-15(22)7-4-8-16(18)23/h4,7-9,14,28H,2-3,5-6,10-12,24-25H2,1H3/b17-9-. The molecule has 1 aromatic rings. The molecule has 158 valence electrons. The number of nitrogens with two attached hydrogens (primary N) is 2. The maximum Gasteiger partial charge on any atom is 0.259 e. The molecule has 2 aliphatic rings. The summed E-state index contributed by atoms with van der Waals surface area (Å²) in [5.41, 5.74) is 11.8. The van der Waals surface area contributed by atoms with Crippen molar-refractivity contribution in [1.29, 1.82) is 0 Å². The van der Waals surface area contributed by atoms with E-state index in [0.717, 1.165) is 30.5 Å². The van der Waals surface area contributed by atoms with Crippen LogP contribution in [0, 0.1) is 17.6 Å². The molecule has 5 N–H and O–H groups in total. The van der Waals surface area contributed by atoms with Gasteiger partial charge in [0.2, 0.25) is 0 Å². The minimum atomic E-state index is -1.46. The highest BCUT2D eigenvalue weighted by molar-refractivity contribution is 5.86. The fourth-order valence-electron chi connectivity index (χ4n) is 3.81. The number of likely N-dealkylation sites (N-methyl/N-ethyl adjacent to an activating group) is 1. The molecule has 1 aromatic carbocycles. The highest BCUT2D eigenvalue weighted by Gasteiger charge is 2.46. The molecule has 1 aliphatic carbocycles. The zero-order valence-corrected chi connectivity index (χ0v) is 16.5. The molecule has 1 heterocycles. The zero-order chi connectivity index (χ0) is 21.2. The molecule has 1 amide bonds. The van der Waals surface area contributed by atoms with Crippen LogP contribution < -0.4 is 11.5 Å². The Morgan fingerprint density at radius 2 is 2.03 bits per heavy atom. The monoisotopic (exact) mass is 407 g/mol. The summed E-state index contributed by atoms with van der Waals surface area (Å²) >= 11 is 0. The number of amides is 1. The second-order valence-corrected chi connectivity index (χ2v) is 7.63. The number of carbonyl (C=O) groups excluding carboxylic acids is 1. The van der Waals surface area contributed by atoms with Gasteiger partial charge < -0.3 is 26.2 Å². The van der Waals surface area contributed by atoms with Crippen molar-refractivity contribution in [1.82, 2.24) is 4.90 Å². The van der Waals surface area contributed by atoms with Crippen molar-refractivity contribution < 1.29 is 23.4 Å². The van der Waals surface area contributed by atoms with Gasteiger partial charge in [-0.25, -0.2) is 8.78 Å². The Morgan fingerprint density at radius 1 is 1.38 bits per heavy atom. The molecule has 0 bridgehead atoms. The smallest absolute Gasteiger partial charge is 0.259 e. The van der Waals surface area contributed by atoms with Crippen molar-refractivity contribution >= 4 is 11.6 Å². The molecule has 1 saturated heterocycles. The second kappa shape index (κ2) is 8.51. The van der Waals surface area contributed by atoms with Crippen LogP contribution in [0.4, 0.5) is 8.78 Å². The number of nitrogens with zero attached hydrogens (tertiary/aromatic N) is 1. The highest BCUT2D eigenvalue weighted by atomic mass is 19.1. The predicted octanol–water partition coefficient (Wildman–Crippen LogP) is 1.89. The Hall–Kier alpha value is -2.45. The minimum absolute atomic E-state index is 0.00293. The first kappa shape index (κ1) is 21.3. The third-order valence-electron chi connectivity index (χ3n) is 5.58. The number of hydrogen-bond donors (Lipinski definition) is 3. The fourth-order valence-corrected chi connectivity index (χ4v) is 3.81. The van der Waals surface area contributed by atoms with E-state index in [0.29, 0.717) is 25.2 Å². The summed E-state index contributed by atoms with van der Waals surface area (Å²) in [6.07, 6.45) is 3.74. The highest BCUT2D eigenvalue weighted by Crippen LogP contribution is 2.31. The third-order valence-corrected chi connectivity index (χ3v) is 5.58. The van der Waals surface area contributed by atoms with E-state index in [-0.39, 0.29) is 36.3 Å². The van der Waals surface area contributed by atoms with E-state index in [1.165, 1.54) is 12.1 Å². The van der Waals surface area contributed by atoms with E-state index in [9.17, 15) is 18.7 Å². The summed E-state index contributed by atoms with van der Waals surface area (Å²) in [7, 11) is 0. The summed E-state index contributed by atoms with van der Waals surface area (Å²) in [6.45, 7) is 2.62. The quantitative estimate of drug-likeness (QED) is 0.668. The average Bonchev–Trinajstić information content (AvgIpc) is 2.66. The number of aliphatic hydroxyl groups is 1. The lowest BCUT2D eigenvalue weighted by Crippen LogP contribution is -2.61. The van der Waals surface area contributed by atoms with Crippen LogP contribution in [0.15, 0.2) is 35.5 Å². The summed E-state index contributed by atoms with van der Waals surface area (Å²) in [6, 6.07) is 3.59. The largest absolute Gasteiger partial charge is 0.402 e. The first-order chi connectivity index (χ1) is 13.8. The van der Waals surface area contributed by atoms with Gasteiger partial charge in [-0.15, -0.1) is 0 Å². The van der Waals surface area contributed by atoms with Gasteiger partial charge in [0.05, 0.1) is 18.8 Å². The molecule has 3 rings (SSSR count). The Kier molecular flexibility index (Phi) is 6.24. The van der Waals surface area contributed by atoms with Gasteiger partial charge in [0.15, 0.2) is 5.60 Å². The molecule has 1 fully saturated rings. The Balaban J connectivity index is 1.81. The fraction of sp³-hybridized carbons (Fsp3) is 0.476. The number of hydrogen-bond acceptors (Lipinski definition) is 5. The van der Waals surface area contributed by atoms with Gasteiger partial charge in [0.1, 0.15) is 11.6 Å². The molecule has 0 saturated carbocycles. The summed E-state index contributed by atoms with van der Waals surface area (Å²) in [5, 5.41) is 10.3. The number of ether oxygens (including phenoxy) is 1. The third kappa shape index (κ3) is 4.28. The van der Waals surface area contributed by atoms with Gasteiger partial charge in [0, 0.05) is 30.4 Å². The Morgan fingerprint density at radius 3 is 2.59 bits per heavy atom. The molecule has 1 atom stereocenters. The van der Waals surface area contributed by atoms with Crippen molar-refractivity contribution in [2.75, 3.05) is 26.3 Å². The number of rotatable bonds is 6. The lowest BCUT2D eigenvalue weighted by Gasteiger charge is -2.40. The molecule has 8 heteroatoms. The van der Waals surface area contributed by atoms with Crippen molar-refractivity contribution in [2.45, 2.75) is 31.8 Å². The molecule has 6 nitrogen and oxygen atoms in total. The van der Waals surface area contributed by atoms with Crippen LogP contribution in [0.25, 0.3) is 5.70 Å². The van der Waals surface area contributed by atoms with Crippen LogP contribution >= 0.6 is 0 Å². The van der Waals surface area contributed by atoms with E-state index < -0.39 is 17.2 Å². The minimum Gasteiger partial charge on any atom is -0.402 e. The van der Waals surface area contributed by atoms with Crippen LogP contribution in [0.1, 0.15) is 31.7 Å². The predicted molar refractivity (Wildman–Crippen MR) is 105 cm³/mol. The molecular formula is C21H27F2N3O3. The topological polar surface area (TPSA) is 102 Å². The summed E-state index contributed by atoms with van der Waals surface area (Å²) in [4.78, 5) is 14.2. The van der Waals surface area contributed by atoms with E-state index in [2.05, 4.69) is 0 Å². The van der Waals surface area contributed by atoms with E-state index in [4.69, 9.17) is 16.2 Å². The lowest BCUT2D eigenvalue weighted by atomic mass is 9.85. The Bertz CT molecular complexity index is 829. The van der Waals surface area contributed by atoms with E-state index in [1.54, 1.807) is 4.90 Å². The van der Waals surface area contributed by atoms with Gasteiger partial charge >= 0.3 is 0 Å². The lowest BCUT2D eigenvalue weighted by molar-refractivity contribution is -0.200. The number of carbonyl (C=O) groups is 1. The summed E-state index contributed by atoms with van der Waals surface area (Å²) < 4.78 is 33.0. The van der Waals surface area contributed by atoms with Gasteiger partial charge in [-0.05, 0) is 50.0 Å². The van der Waals surface area contributed by atoms with Crippen molar-refractivity contribution in [3.8, 4) is 0 Å². The average molecular weight is 407 g/mol. The molecule has 1 aliphatic heterocycles. The van der Waals surface area contributed by atoms with Gasteiger partial charge in [-0.2, -0.15) is 0 Å². The van der Waals surface area contributed by atoms with Crippen LogP contribution in [0.5, 0.6) is 0 Å². The molecule has 0 spiro atoms. The van der Waals surface area contributed by atoms with Crippen LogP contribution in [0.3, 0.4) is 0 Å².